The number of hydrogen-bond acceptors (Lipinski definition) is 5. The Labute approximate surface area is 138 Å². The summed E-state index contributed by atoms with van der Waals surface area (Å²) in [5.41, 5.74) is -0.231. The number of carbonyl (C=O) groups is 2. The van der Waals surface area contributed by atoms with E-state index in [1.807, 2.05) is 6.92 Å². The highest BCUT2D eigenvalue weighted by Gasteiger charge is 2.21. The Morgan fingerprint density at radius 3 is 2.64 bits per heavy atom. The van der Waals surface area contributed by atoms with Crippen LogP contribution in [0, 0.1) is 0 Å². The summed E-state index contributed by atoms with van der Waals surface area (Å²) in [7, 11) is 0. The molecule has 1 aromatic rings. The average molecular weight is 376 g/mol. The number of amides is 1. The third-order valence-electron chi connectivity index (χ3n) is 2.55. The van der Waals surface area contributed by atoms with Crippen molar-refractivity contribution in [1.29, 1.82) is 0 Å². The first-order valence-electron chi connectivity index (χ1n) is 7.03. The Bertz CT molecular complexity index is 537. The number of rotatable bonds is 5. The van der Waals surface area contributed by atoms with Gasteiger partial charge in [0.05, 0.1) is 12.6 Å². The quantitative estimate of drug-likeness (QED) is 0.799. The molecule has 1 amide bonds. The summed E-state index contributed by atoms with van der Waals surface area (Å²) in [5, 5.41) is 6.86. The van der Waals surface area contributed by atoms with Gasteiger partial charge >= 0.3 is 12.1 Å². The summed E-state index contributed by atoms with van der Waals surface area (Å²) in [6.45, 7) is 9.50. The standard InChI is InChI=1S/C14H22BrN3O4/c1-6-21-12(19)10-7-11(15)17-18(10)9(2)8-16-13(20)22-14(3,4)5/h7,9H,6,8H2,1-5H3,(H,16,20)/t9-/m0/s1. The molecule has 1 rings (SSSR count). The van der Waals surface area contributed by atoms with Gasteiger partial charge in [0.15, 0.2) is 0 Å². The van der Waals surface area contributed by atoms with Crippen molar-refractivity contribution in [3.8, 4) is 0 Å². The number of nitrogens with one attached hydrogen (secondary N) is 1. The highest BCUT2D eigenvalue weighted by atomic mass is 79.9. The summed E-state index contributed by atoms with van der Waals surface area (Å²) in [6.07, 6.45) is -0.511. The average Bonchev–Trinajstić information content (AvgIpc) is 2.76. The molecule has 0 aliphatic rings. The van der Waals surface area contributed by atoms with Crippen LogP contribution in [0.3, 0.4) is 0 Å². The molecule has 0 unspecified atom stereocenters. The van der Waals surface area contributed by atoms with Crippen LogP contribution in [0.2, 0.25) is 0 Å². The number of ether oxygens (including phenoxy) is 2. The van der Waals surface area contributed by atoms with E-state index in [2.05, 4.69) is 26.3 Å². The molecule has 22 heavy (non-hydrogen) atoms. The molecule has 0 radical (unpaired) electrons. The van der Waals surface area contributed by atoms with Gasteiger partial charge in [0.1, 0.15) is 15.9 Å². The molecule has 0 bridgehead atoms. The van der Waals surface area contributed by atoms with Gasteiger partial charge in [-0.3, -0.25) is 4.68 Å². The van der Waals surface area contributed by atoms with Crippen LogP contribution in [0.5, 0.6) is 0 Å². The first kappa shape index (κ1) is 18.5. The Kier molecular flexibility index (Phi) is 6.40. The van der Waals surface area contributed by atoms with Crippen LogP contribution in [-0.4, -0.2) is 40.6 Å². The van der Waals surface area contributed by atoms with Crippen LogP contribution in [0.1, 0.15) is 51.1 Å². The van der Waals surface area contributed by atoms with E-state index >= 15 is 0 Å². The van der Waals surface area contributed by atoms with E-state index in [4.69, 9.17) is 9.47 Å². The SMILES string of the molecule is CCOC(=O)c1cc(Br)nn1[C@@H](C)CNC(=O)OC(C)(C)C. The lowest BCUT2D eigenvalue weighted by Gasteiger charge is -2.21. The third-order valence-corrected chi connectivity index (χ3v) is 2.94. The fourth-order valence-corrected chi connectivity index (χ4v) is 2.08. The molecule has 1 heterocycles. The van der Waals surface area contributed by atoms with Crippen molar-refractivity contribution in [1.82, 2.24) is 15.1 Å². The lowest BCUT2D eigenvalue weighted by Crippen LogP contribution is -2.36. The Balaban J connectivity index is 2.71. The van der Waals surface area contributed by atoms with Crippen LogP contribution in [-0.2, 0) is 9.47 Å². The summed E-state index contributed by atoms with van der Waals surface area (Å²) in [4.78, 5) is 23.6. The molecule has 0 spiro atoms. The largest absolute Gasteiger partial charge is 0.461 e. The lowest BCUT2D eigenvalue weighted by molar-refractivity contribution is 0.0508. The van der Waals surface area contributed by atoms with Crippen LogP contribution >= 0.6 is 15.9 Å². The van der Waals surface area contributed by atoms with Gasteiger partial charge in [-0.15, -0.1) is 0 Å². The fraction of sp³-hybridized carbons (Fsp3) is 0.643. The number of nitrogens with zero attached hydrogens (tertiary/aromatic N) is 2. The van der Waals surface area contributed by atoms with Gasteiger partial charge in [-0.1, -0.05) is 0 Å². The third kappa shape index (κ3) is 5.67. The Morgan fingerprint density at radius 1 is 1.45 bits per heavy atom. The zero-order valence-electron chi connectivity index (χ0n) is 13.5. The number of halogens is 1. The molecule has 0 aliphatic carbocycles. The van der Waals surface area contributed by atoms with Crippen LogP contribution < -0.4 is 5.32 Å². The topological polar surface area (TPSA) is 82.5 Å². The van der Waals surface area contributed by atoms with Crippen molar-refractivity contribution >= 4 is 28.0 Å². The predicted molar refractivity (Wildman–Crippen MR) is 84.8 cm³/mol. The molecule has 1 atom stereocenters. The first-order valence-corrected chi connectivity index (χ1v) is 7.82. The maximum atomic E-state index is 11.9. The second-order valence-electron chi connectivity index (χ2n) is 5.75. The molecule has 0 saturated carbocycles. The fourth-order valence-electron chi connectivity index (χ4n) is 1.69. The highest BCUT2D eigenvalue weighted by molar-refractivity contribution is 9.10. The molecule has 7 nitrogen and oxygen atoms in total. The van der Waals surface area contributed by atoms with Crippen molar-refractivity contribution in [3.05, 3.63) is 16.4 Å². The van der Waals surface area contributed by atoms with Gasteiger partial charge in [0.2, 0.25) is 0 Å². The van der Waals surface area contributed by atoms with Gasteiger partial charge in [0, 0.05) is 12.6 Å². The number of esters is 1. The van der Waals surface area contributed by atoms with Crippen molar-refractivity contribution in [2.75, 3.05) is 13.2 Å². The molecule has 0 aliphatic heterocycles. The molecular weight excluding hydrogens is 354 g/mol. The number of alkyl carbamates (subject to hydrolysis) is 1. The van der Waals surface area contributed by atoms with Gasteiger partial charge < -0.3 is 14.8 Å². The van der Waals surface area contributed by atoms with E-state index in [0.717, 1.165) is 0 Å². The second kappa shape index (κ2) is 7.62. The van der Waals surface area contributed by atoms with Crippen molar-refractivity contribution in [2.24, 2.45) is 0 Å². The first-order chi connectivity index (χ1) is 10.1. The van der Waals surface area contributed by atoms with Crippen molar-refractivity contribution in [3.63, 3.8) is 0 Å². The van der Waals surface area contributed by atoms with Gasteiger partial charge in [-0.25, -0.2) is 9.59 Å². The predicted octanol–water partition coefficient (Wildman–Crippen LogP) is 2.91. The van der Waals surface area contributed by atoms with Gasteiger partial charge in [0.25, 0.3) is 0 Å². The molecule has 8 heteroatoms. The van der Waals surface area contributed by atoms with E-state index in [0.29, 0.717) is 10.3 Å². The minimum absolute atomic E-state index is 0.238. The molecule has 0 fully saturated rings. The Morgan fingerprint density at radius 2 is 2.09 bits per heavy atom. The van der Waals surface area contributed by atoms with Gasteiger partial charge in [-0.05, 0) is 50.5 Å². The molecule has 0 aromatic carbocycles. The van der Waals surface area contributed by atoms with Gasteiger partial charge in [-0.2, -0.15) is 5.10 Å². The Hall–Kier alpha value is -1.57. The minimum atomic E-state index is -0.557. The minimum Gasteiger partial charge on any atom is -0.461 e. The van der Waals surface area contributed by atoms with Crippen LogP contribution in [0.25, 0.3) is 0 Å². The summed E-state index contributed by atoms with van der Waals surface area (Å²) in [6, 6.07) is 1.35. The molecule has 124 valence electrons. The van der Waals surface area contributed by atoms with Crippen LogP contribution in [0.15, 0.2) is 10.7 Å². The summed E-state index contributed by atoms with van der Waals surface area (Å²) < 4.78 is 12.2. The van der Waals surface area contributed by atoms with Crippen molar-refractivity contribution in [2.45, 2.75) is 46.3 Å². The normalized spacial score (nSPS) is 12.6. The lowest BCUT2D eigenvalue weighted by atomic mass is 10.2. The highest BCUT2D eigenvalue weighted by Crippen LogP contribution is 2.17. The smallest absolute Gasteiger partial charge is 0.407 e. The molecule has 1 N–H and O–H groups in total. The molecular formula is C14H22BrN3O4. The second-order valence-corrected chi connectivity index (χ2v) is 6.56. The zero-order chi connectivity index (χ0) is 16.9. The monoisotopic (exact) mass is 375 g/mol. The molecule has 1 aromatic heterocycles. The number of aromatic nitrogens is 2. The van der Waals surface area contributed by atoms with E-state index in [9.17, 15) is 9.59 Å². The molecule has 0 saturated heterocycles. The summed E-state index contributed by atoms with van der Waals surface area (Å²) >= 11 is 3.24. The van der Waals surface area contributed by atoms with Crippen molar-refractivity contribution < 1.29 is 19.1 Å². The zero-order valence-corrected chi connectivity index (χ0v) is 15.1. The van der Waals surface area contributed by atoms with E-state index in [-0.39, 0.29) is 19.2 Å². The maximum absolute atomic E-state index is 11.9. The number of hydrogen-bond donors (Lipinski definition) is 1. The maximum Gasteiger partial charge on any atom is 0.407 e. The van der Waals surface area contributed by atoms with E-state index in [1.165, 1.54) is 4.68 Å². The van der Waals surface area contributed by atoms with Crippen LogP contribution in [0.4, 0.5) is 4.79 Å². The van der Waals surface area contributed by atoms with E-state index in [1.54, 1.807) is 33.8 Å². The van der Waals surface area contributed by atoms with E-state index < -0.39 is 17.7 Å². The summed E-state index contributed by atoms with van der Waals surface area (Å²) in [5.74, 6) is -0.454. The number of carbonyl (C=O) groups excluding carboxylic acids is 2.